The van der Waals surface area contributed by atoms with Gasteiger partial charge in [-0.3, -0.25) is 4.79 Å². The second-order valence-corrected chi connectivity index (χ2v) is 5.77. The molecule has 0 aromatic carbocycles. The van der Waals surface area contributed by atoms with Crippen molar-refractivity contribution in [3.8, 4) is 0 Å². The van der Waals surface area contributed by atoms with Crippen molar-refractivity contribution in [2.75, 3.05) is 0 Å². The van der Waals surface area contributed by atoms with Crippen LogP contribution in [0.3, 0.4) is 0 Å². The number of carbonyl (C=O) groups is 2. The predicted octanol–water partition coefficient (Wildman–Crippen LogP) is 2.51. The minimum Gasteiger partial charge on any atom is -0.481 e. The van der Waals surface area contributed by atoms with E-state index in [0.29, 0.717) is 18.8 Å². The molecule has 3 N–H and O–H groups in total. The zero-order valence-corrected chi connectivity index (χ0v) is 11.9. The molecular weight excluding hydrogens is 244 g/mol. The molecular formula is C14H26N2O3. The van der Waals surface area contributed by atoms with Crippen molar-refractivity contribution in [3.05, 3.63) is 0 Å². The van der Waals surface area contributed by atoms with Gasteiger partial charge in [-0.25, -0.2) is 4.79 Å². The summed E-state index contributed by atoms with van der Waals surface area (Å²) in [6.45, 7) is 4.13. The molecule has 2 amide bonds. The van der Waals surface area contributed by atoms with Gasteiger partial charge in [0.15, 0.2) is 0 Å². The molecule has 5 heteroatoms. The molecule has 19 heavy (non-hydrogen) atoms. The Balaban J connectivity index is 2.17. The third-order valence-electron chi connectivity index (χ3n) is 3.68. The van der Waals surface area contributed by atoms with Crippen molar-refractivity contribution in [3.63, 3.8) is 0 Å². The van der Waals surface area contributed by atoms with Crippen molar-refractivity contribution in [1.82, 2.24) is 10.6 Å². The van der Waals surface area contributed by atoms with Gasteiger partial charge in [0, 0.05) is 18.5 Å². The van der Waals surface area contributed by atoms with Crippen molar-refractivity contribution in [2.24, 2.45) is 5.92 Å². The summed E-state index contributed by atoms with van der Waals surface area (Å²) < 4.78 is 0. The van der Waals surface area contributed by atoms with E-state index >= 15 is 0 Å². The SMILES string of the molecule is CC1CCCC(NC(=O)NC(C)CCCC(=O)O)C1. The number of carboxylic acid groups (broad SMARTS) is 1. The number of hydrogen-bond donors (Lipinski definition) is 3. The molecule has 1 saturated carbocycles. The fourth-order valence-electron chi connectivity index (χ4n) is 2.65. The van der Waals surface area contributed by atoms with Gasteiger partial charge in [0.1, 0.15) is 0 Å². The van der Waals surface area contributed by atoms with E-state index in [0.717, 1.165) is 12.8 Å². The number of amides is 2. The highest BCUT2D eigenvalue weighted by Gasteiger charge is 2.20. The zero-order chi connectivity index (χ0) is 14.3. The third-order valence-corrected chi connectivity index (χ3v) is 3.68. The molecule has 0 bridgehead atoms. The van der Waals surface area contributed by atoms with Gasteiger partial charge in [-0.15, -0.1) is 0 Å². The van der Waals surface area contributed by atoms with Gasteiger partial charge in [0.25, 0.3) is 0 Å². The lowest BCUT2D eigenvalue weighted by Gasteiger charge is -2.28. The average molecular weight is 270 g/mol. The highest BCUT2D eigenvalue weighted by atomic mass is 16.4. The Morgan fingerprint density at radius 1 is 1.37 bits per heavy atom. The Bertz CT molecular complexity index is 307. The Kier molecular flexibility index (Phi) is 6.67. The van der Waals surface area contributed by atoms with E-state index in [1.807, 2.05) is 6.92 Å². The molecule has 3 unspecified atom stereocenters. The maximum atomic E-state index is 11.8. The summed E-state index contributed by atoms with van der Waals surface area (Å²) in [6, 6.07) is 0.178. The molecule has 0 aromatic heterocycles. The number of hydrogen-bond acceptors (Lipinski definition) is 2. The van der Waals surface area contributed by atoms with Crippen LogP contribution in [0.25, 0.3) is 0 Å². The van der Waals surface area contributed by atoms with Crippen molar-refractivity contribution >= 4 is 12.0 Å². The molecule has 5 nitrogen and oxygen atoms in total. The monoisotopic (exact) mass is 270 g/mol. The normalized spacial score (nSPS) is 24.5. The maximum Gasteiger partial charge on any atom is 0.315 e. The topological polar surface area (TPSA) is 78.4 Å². The van der Waals surface area contributed by atoms with Crippen LogP contribution >= 0.6 is 0 Å². The van der Waals surface area contributed by atoms with Crippen LogP contribution in [0.4, 0.5) is 4.79 Å². The standard InChI is InChI=1S/C14H26N2O3/c1-10-5-3-7-12(9-10)16-14(19)15-11(2)6-4-8-13(17)18/h10-12H,3-9H2,1-2H3,(H,17,18)(H2,15,16,19). The van der Waals surface area contributed by atoms with Gasteiger partial charge in [-0.2, -0.15) is 0 Å². The number of aliphatic carboxylic acids is 1. The quantitative estimate of drug-likeness (QED) is 0.694. The molecule has 110 valence electrons. The first-order chi connectivity index (χ1) is 8.97. The van der Waals surface area contributed by atoms with Crippen LogP contribution in [0.2, 0.25) is 0 Å². The fraction of sp³-hybridized carbons (Fsp3) is 0.857. The van der Waals surface area contributed by atoms with Gasteiger partial charge < -0.3 is 15.7 Å². The van der Waals surface area contributed by atoms with Gasteiger partial charge in [0.05, 0.1) is 0 Å². The average Bonchev–Trinajstić information content (AvgIpc) is 2.27. The van der Waals surface area contributed by atoms with E-state index in [1.54, 1.807) is 0 Å². The van der Waals surface area contributed by atoms with Crippen LogP contribution in [0.5, 0.6) is 0 Å². The van der Waals surface area contributed by atoms with E-state index in [1.165, 1.54) is 12.8 Å². The summed E-state index contributed by atoms with van der Waals surface area (Å²) in [5, 5.41) is 14.4. The molecule has 0 aromatic rings. The summed E-state index contributed by atoms with van der Waals surface area (Å²) in [7, 11) is 0. The summed E-state index contributed by atoms with van der Waals surface area (Å²) in [4.78, 5) is 22.2. The minimum absolute atomic E-state index is 0.0142. The molecule has 1 aliphatic rings. The summed E-state index contributed by atoms with van der Waals surface area (Å²) in [6.07, 6.45) is 6.00. The zero-order valence-electron chi connectivity index (χ0n) is 11.9. The molecule has 0 spiro atoms. The first kappa shape index (κ1) is 15.8. The first-order valence-corrected chi connectivity index (χ1v) is 7.26. The van der Waals surface area contributed by atoms with Gasteiger partial charge in [-0.1, -0.05) is 19.8 Å². The summed E-state index contributed by atoms with van der Waals surface area (Å²) >= 11 is 0. The fourth-order valence-corrected chi connectivity index (χ4v) is 2.65. The first-order valence-electron chi connectivity index (χ1n) is 7.26. The van der Waals surface area contributed by atoms with Crippen LogP contribution < -0.4 is 10.6 Å². The maximum absolute atomic E-state index is 11.8. The smallest absolute Gasteiger partial charge is 0.315 e. The van der Waals surface area contributed by atoms with Gasteiger partial charge in [-0.05, 0) is 38.5 Å². The molecule has 0 aliphatic heterocycles. The van der Waals surface area contributed by atoms with Crippen molar-refractivity contribution in [1.29, 1.82) is 0 Å². The second kappa shape index (κ2) is 8.02. The molecule has 1 aliphatic carbocycles. The predicted molar refractivity (Wildman–Crippen MR) is 74.0 cm³/mol. The lowest BCUT2D eigenvalue weighted by Crippen LogP contribution is -2.46. The Morgan fingerprint density at radius 2 is 2.11 bits per heavy atom. The summed E-state index contributed by atoms with van der Waals surface area (Å²) in [5.74, 6) is -0.0973. The number of nitrogens with one attached hydrogen (secondary N) is 2. The Labute approximate surface area is 115 Å². The molecule has 1 fully saturated rings. The molecule has 0 heterocycles. The molecule has 0 radical (unpaired) electrons. The van der Waals surface area contributed by atoms with E-state index in [9.17, 15) is 9.59 Å². The highest BCUT2D eigenvalue weighted by Crippen LogP contribution is 2.23. The lowest BCUT2D eigenvalue weighted by atomic mass is 9.87. The Morgan fingerprint density at radius 3 is 2.74 bits per heavy atom. The lowest BCUT2D eigenvalue weighted by molar-refractivity contribution is -0.137. The summed E-state index contributed by atoms with van der Waals surface area (Å²) in [5.41, 5.74) is 0. The number of carboxylic acids is 1. The van der Waals surface area contributed by atoms with Crippen molar-refractivity contribution < 1.29 is 14.7 Å². The van der Waals surface area contributed by atoms with Crippen LogP contribution in [0.15, 0.2) is 0 Å². The minimum atomic E-state index is -0.784. The number of urea groups is 1. The number of rotatable bonds is 6. The third kappa shape index (κ3) is 7.03. The van der Waals surface area contributed by atoms with E-state index in [4.69, 9.17) is 5.11 Å². The van der Waals surface area contributed by atoms with Gasteiger partial charge in [0.2, 0.25) is 0 Å². The number of carbonyl (C=O) groups excluding carboxylic acids is 1. The van der Waals surface area contributed by atoms with Crippen LogP contribution in [-0.2, 0) is 4.79 Å². The second-order valence-electron chi connectivity index (χ2n) is 5.77. The van der Waals surface area contributed by atoms with Crippen molar-refractivity contribution in [2.45, 2.75) is 70.9 Å². The van der Waals surface area contributed by atoms with Crippen LogP contribution in [-0.4, -0.2) is 29.2 Å². The van der Waals surface area contributed by atoms with Gasteiger partial charge >= 0.3 is 12.0 Å². The molecule has 0 saturated heterocycles. The Hall–Kier alpha value is -1.26. The van der Waals surface area contributed by atoms with E-state index in [-0.39, 0.29) is 24.5 Å². The van der Waals surface area contributed by atoms with Crippen LogP contribution in [0.1, 0.15) is 58.8 Å². The van der Waals surface area contributed by atoms with E-state index < -0.39 is 5.97 Å². The van der Waals surface area contributed by atoms with E-state index in [2.05, 4.69) is 17.6 Å². The highest BCUT2D eigenvalue weighted by molar-refractivity contribution is 5.74. The largest absolute Gasteiger partial charge is 0.481 e. The van der Waals surface area contributed by atoms with Crippen LogP contribution in [0, 0.1) is 5.92 Å². The molecule has 3 atom stereocenters. The molecule has 1 rings (SSSR count).